The number of thiophene rings is 1. The predicted octanol–water partition coefficient (Wildman–Crippen LogP) is 2.75. The highest BCUT2D eigenvalue weighted by Crippen LogP contribution is 2.28. The second-order valence-electron chi connectivity index (χ2n) is 7.66. The molecule has 0 atom stereocenters. The summed E-state index contributed by atoms with van der Waals surface area (Å²) in [6.07, 6.45) is 3.04. The molecule has 4 heterocycles. The maximum Gasteiger partial charge on any atom is 0.274 e. The average Bonchev–Trinajstić information content (AvgIpc) is 3.35. The molecule has 0 radical (unpaired) electrons. The van der Waals surface area contributed by atoms with Gasteiger partial charge in [0.25, 0.3) is 11.8 Å². The van der Waals surface area contributed by atoms with Crippen molar-refractivity contribution in [3.63, 3.8) is 0 Å². The van der Waals surface area contributed by atoms with Crippen molar-refractivity contribution in [2.45, 2.75) is 13.8 Å². The van der Waals surface area contributed by atoms with E-state index in [1.165, 1.54) is 17.5 Å². The number of amides is 2. The third kappa shape index (κ3) is 4.95. The Morgan fingerprint density at radius 1 is 1.03 bits per heavy atom. The molecule has 1 aliphatic heterocycles. The summed E-state index contributed by atoms with van der Waals surface area (Å²) in [5.41, 5.74) is 1.98. The van der Waals surface area contributed by atoms with Crippen molar-refractivity contribution >= 4 is 29.0 Å². The van der Waals surface area contributed by atoms with Crippen molar-refractivity contribution in [2.24, 2.45) is 0 Å². The predicted molar refractivity (Wildman–Crippen MR) is 127 cm³/mol. The molecule has 9 nitrogen and oxygen atoms in total. The van der Waals surface area contributed by atoms with Crippen molar-refractivity contribution in [1.29, 1.82) is 0 Å². The minimum atomic E-state index is -0.119. The van der Waals surface area contributed by atoms with Crippen LogP contribution in [0.1, 0.15) is 34.0 Å². The first-order chi connectivity index (χ1) is 16.0. The number of anilines is 1. The van der Waals surface area contributed by atoms with Gasteiger partial charge in [-0.25, -0.2) is 0 Å². The van der Waals surface area contributed by atoms with Crippen LogP contribution in [0.15, 0.2) is 42.0 Å². The van der Waals surface area contributed by atoms with Gasteiger partial charge < -0.3 is 19.8 Å². The third-order valence-corrected chi connectivity index (χ3v) is 6.60. The zero-order valence-electron chi connectivity index (χ0n) is 18.6. The Balaban J connectivity index is 1.36. The fourth-order valence-electron chi connectivity index (χ4n) is 3.76. The molecule has 0 spiro atoms. The van der Waals surface area contributed by atoms with Crippen LogP contribution in [0.4, 0.5) is 5.82 Å². The molecule has 3 aromatic rings. The molecule has 3 aromatic heterocycles. The van der Waals surface area contributed by atoms with Gasteiger partial charge in [-0.1, -0.05) is 0 Å². The fourth-order valence-corrected chi connectivity index (χ4v) is 4.64. The van der Waals surface area contributed by atoms with Gasteiger partial charge >= 0.3 is 0 Å². The highest BCUT2D eigenvalue weighted by atomic mass is 32.1. The summed E-state index contributed by atoms with van der Waals surface area (Å²) in [4.78, 5) is 35.6. The number of piperazine rings is 1. The maximum atomic E-state index is 13.0. The van der Waals surface area contributed by atoms with Crippen LogP contribution >= 0.6 is 11.3 Å². The van der Waals surface area contributed by atoms with Crippen molar-refractivity contribution in [3.8, 4) is 16.9 Å². The van der Waals surface area contributed by atoms with Crippen molar-refractivity contribution in [2.75, 3.05) is 44.2 Å². The second-order valence-corrected chi connectivity index (χ2v) is 8.58. The molecule has 10 heteroatoms. The lowest BCUT2D eigenvalue weighted by atomic mass is 10.1. The molecule has 1 saturated heterocycles. The summed E-state index contributed by atoms with van der Waals surface area (Å²) >= 11 is 1.39. The van der Waals surface area contributed by atoms with Crippen LogP contribution in [0.5, 0.6) is 5.75 Å². The monoisotopic (exact) mass is 466 g/mol. The van der Waals surface area contributed by atoms with Gasteiger partial charge in [-0.15, -0.1) is 21.5 Å². The lowest BCUT2D eigenvalue weighted by Gasteiger charge is -2.35. The smallest absolute Gasteiger partial charge is 0.274 e. The molecule has 1 N–H and O–H groups in total. The fraction of sp³-hybridized carbons (Fsp3) is 0.348. The summed E-state index contributed by atoms with van der Waals surface area (Å²) in [7, 11) is 0. The highest BCUT2D eigenvalue weighted by molar-refractivity contribution is 7.12. The first-order valence-electron chi connectivity index (χ1n) is 10.9. The summed E-state index contributed by atoms with van der Waals surface area (Å²) in [5.74, 6) is 0.667. The molecule has 0 saturated carbocycles. The molecule has 1 aliphatic rings. The lowest BCUT2D eigenvalue weighted by molar-refractivity contribution is 0.0746. The van der Waals surface area contributed by atoms with Gasteiger partial charge in [-0.05, 0) is 49.1 Å². The average molecular weight is 467 g/mol. The molecule has 4 rings (SSSR count). The third-order valence-electron chi connectivity index (χ3n) is 5.68. The van der Waals surface area contributed by atoms with Crippen LogP contribution in [0.2, 0.25) is 0 Å². The van der Waals surface area contributed by atoms with Crippen LogP contribution < -0.4 is 4.90 Å². The van der Waals surface area contributed by atoms with Gasteiger partial charge in [0.05, 0.1) is 11.1 Å². The Hall–Kier alpha value is -3.53. The Morgan fingerprint density at radius 2 is 1.79 bits per heavy atom. The minimum absolute atomic E-state index is 0.00902. The number of aromatic nitrogens is 3. The number of rotatable bonds is 6. The van der Waals surface area contributed by atoms with Gasteiger partial charge in [-0.2, -0.15) is 0 Å². The van der Waals surface area contributed by atoms with Gasteiger partial charge in [0.2, 0.25) is 0 Å². The molecule has 172 valence electrons. The van der Waals surface area contributed by atoms with Gasteiger partial charge in [-0.3, -0.25) is 14.6 Å². The van der Waals surface area contributed by atoms with Gasteiger partial charge in [0.15, 0.2) is 11.5 Å². The van der Waals surface area contributed by atoms with Crippen LogP contribution in [0.25, 0.3) is 11.1 Å². The minimum Gasteiger partial charge on any atom is -0.506 e. The zero-order chi connectivity index (χ0) is 23.4. The molecule has 1 fully saturated rings. The van der Waals surface area contributed by atoms with Crippen molar-refractivity contribution in [3.05, 3.63) is 52.6 Å². The standard InChI is InChI=1S/C23H26N6O3S/c1-3-27(4-2)22(31)19-5-6-21(26-25-19)28-7-9-29(10-8-28)23(32)20-12-17(15-33-20)16-11-18(30)14-24-13-16/h5-6,11-15,30H,3-4,7-10H2,1-2H3. The van der Waals surface area contributed by atoms with E-state index in [1.807, 2.05) is 36.3 Å². The Bertz CT molecular complexity index is 1120. The molecule has 0 unspecified atom stereocenters. The van der Waals surface area contributed by atoms with Crippen LogP contribution in [-0.2, 0) is 0 Å². The van der Waals surface area contributed by atoms with Crippen molar-refractivity contribution < 1.29 is 14.7 Å². The van der Waals surface area contributed by atoms with E-state index in [0.29, 0.717) is 55.7 Å². The Kier molecular flexibility index (Phi) is 6.83. The number of aromatic hydroxyl groups is 1. The van der Waals surface area contributed by atoms with E-state index in [4.69, 9.17) is 0 Å². The second kappa shape index (κ2) is 9.95. The molecular formula is C23H26N6O3S. The van der Waals surface area contributed by atoms with Gasteiger partial charge in [0.1, 0.15) is 5.75 Å². The molecule has 0 bridgehead atoms. The van der Waals surface area contributed by atoms with Crippen LogP contribution in [0, 0.1) is 0 Å². The van der Waals surface area contributed by atoms with E-state index in [2.05, 4.69) is 20.1 Å². The van der Waals surface area contributed by atoms with Crippen LogP contribution in [0.3, 0.4) is 0 Å². The van der Waals surface area contributed by atoms with E-state index in [9.17, 15) is 14.7 Å². The molecule has 2 amide bonds. The first kappa shape index (κ1) is 22.7. The topological polar surface area (TPSA) is 103 Å². The summed E-state index contributed by atoms with van der Waals surface area (Å²) < 4.78 is 0. The van der Waals surface area contributed by atoms with Gasteiger partial charge in [0, 0.05) is 51.0 Å². The van der Waals surface area contributed by atoms with E-state index < -0.39 is 0 Å². The first-order valence-corrected chi connectivity index (χ1v) is 11.8. The van der Waals surface area contributed by atoms with E-state index in [1.54, 1.807) is 23.2 Å². The van der Waals surface area contributed by atoms with E-state index in [-0.39, 0.29) is 17.6 Å². The Morgan fingerprint density at radius 3 is 2.42 bits per heavy atom. The quantitative estimate of drug-likeness (QED) is 0.596. The van der Waals surface area contributed by atoms with E-state index >= 15 is 0 Å². The number of hydrogen-bond acceptors (Lipinski definition) is 8. The lowest BCUT2D eigenvalue weighted by Crippen LogP contribution is -2.49. The number of pyridine rings is 1. The molecule has 33 heavy (non-hydrogen) atoms. The SMILES string of the molecule is CCN(CC)C(=O)c1ccc(N2CCN(C(=O)c3cc(-c4cncc(O)c4)cs3)CC2)nn1. The molecule has 0 aliphatic carbocycles. The Labute approximate surface area is 196 Å². The summed E-state index contributed by atoms with van der Waals surface area (Å²) in [6.45, 7) is 7.55. The maximum absolute atomic E-state index is 13.0. The number of carbonyl (C=O) groups excluding carboxylic acids is 2. The largest absolute Gasteiger partial charge is 0.506 e. The normalized spacial score (nSPS) is 13.8. The number of nitrogens with zero attached hydrogens (tertiary/aromatic N) is 6. The summed E-state index contributed by atoms with van der Waals surface area (Å²) in [5, 5.41) is 19.9. The van der Waals surface area contributed by atoms with Crippen molar-refractivity contribution in [1.82, 2.24) is 25.0 Å². The number of carbonyl (C=O) groups is 2. The highest BCUT2D eigenvalue weighted by Gasteiger charge is 2.25. The molecule has 0 aromatic carbocycles. The van der Waals surface area contributed by atoms with Crippen LogP contribution in [-0.4, -0.2) is 81.2 Å². The summed E-state index contributed by atoms with van der Waals surface area (Å²) in [6, 6.07) is 7.00. The number of hydrogen-bond donors (Lipinski definition) is 1. The zero-order valence-corrected chi connectivity index (χ0v) is 19.5. The van der Waals surface area contributed by atoms with E-state index in [0.717, 1.165) is 11.1 Å². The molecular weight excluding hydrogens is 440 g/mol.